The molecule has 1 fully saturated rings. The quantitative estimate of drug-likeness (QED) is 0.807. The summed E-state index contributed by atoms with van der Waals surface area (Å²) in [6.07, 6.45) is 4.18. The summed E-state index contributed by atoms with van der Waals surface area (Å²) in [5.74, 6) is 1.56. The number of nitrogens with two attached hydrogens (primary N) is 1. The Morgan fingerprint density at radius 3 is 2.71 bits per heavy atom. The molecule has 0 spiro atoms. The number of rotatable bonds is 3. The highest BCUT2D eigenvalue weighted by molar-refractivity contribution is 5.79. The number of aromatic nitrogens is 2. The van der Waals surface area contributed by atoms with Crippen molar-refractivity contribution in [2.75, 3.05) is 17.7 Å². The Morgan fingerprint density at radius 1 is 1.33 bits per heavy atom. The van der Waals surface area contributed by atoms with Crippen LogP contribution in [0.3, 0.4) is 0 Å². The van der Waals surface area contributed by atoms with Gasteiger partial charge in [0.15, 0.2) is 11.6 Å². The molecule has 5 nitrogen and oxygen atoms in total. The number of hydrogen-bond donors (Lipinski definition) is 3. The lowest BCUT2D eigenvalue weighted by Gasteiger charge is -2.39. The summed E-state index contributed by atoms with van der Waals surface area (Å²) in [6.45, 7) is 2.31. The Balaban J connectivity index is 1.94. The lowest BCUT2D eigenvalue weighted by Crippen LogP contribution is -2.46. The number of aliphatic hydroxyl groups is 1. The van der Waals surface area contributed by atoms with E-state index in [2.05, 4.69) is 22.2 Å². The van der Waals surface area contributed by atoms with E-state index in [1.165, 1.54) is 6.42 Å². The molecular weight excluding hydrogens is 264 g/mol. The van der Waals surface area contributed by atoms with E-state index in [0.717, 1.165) is 30.3 Å². The van der Waals surface area contributed by atoms with Gasteiger partial charge in [-0.25, -0.2) is 9.97 Å². The second-order valence-corrected chi connectivity index (χ2v) is 6.21. The normalized spacial score (nSPS) is 25.9. The molecule has 2 unspecified atom stereocenters. The SMILES string of the molecule is CC1CCCC(CO)(Nc2nc3ccccc3nc2N)C1. The molecular formula is C16H22N4O. The van der Waals surface area contributed by atoms with E-state index in [1.54, 1.807) is 0 Å². The summed E-state index contributed by atoms with van der Waals surface area (Å²) in [5, 5.41) is 13.3. The standard InChI is InChI=1S/C16H22N4O/c1-11-5-4-8-16(9-11,10-21)20-15-14(17)18-12-6-2-3-7-13(12)19-15/h2-3,6-7,11,21H,4-5,8-10H2,1H3,(H2,17,18)(H,19,20). The number of nitrogen functional groups attached to an aromatic ring is 1. The average Bonchev–Trinajstić information content (AvgIpc) is 2.48. The Kier molecular flexibility index (Phi) is 3.68. The fraction of sp³-hybridized carbons (Fsp3) is 0.500. The molecule has 112 valence electrons. The molecule has 5 heteroatoms. The maximum absolute atomic E-state index is 9.87. The summed E-state index contributed by atoms with van der Waals surface area (Å²) < 4.78 is 0. The van der Waals surface area contributed by atoms with Crippen molar-refractivity contribution < 1.29 is 5.11 Å². The van der Waals surface area contributed by atoms with Gasteiger partial charge >= 0.3 is 0 Å². The molecule has 0 saturated heterocycles. The van der Waals surface area contributed by atoms with Gasteiger partial charge in [0.1, 0.15) is 0 Å². The van der Waals surface area contributed by atoms with E-state index in [-0.39, 0.29) is 12.1 Å². The van der Waals surface area contributed by atoms with E-state index >= 15 is 0 Å². The molecule has 1 heterocycles. The van der Waals surface area contributed by atoms with Crippen molar-refractivity contribution in [3.05, 3.63) is 24.3 Å². The number of hydrogen-bond acceptors (Lipinski definition) is 5. The van der Waals surface area contributed by atoms with Crippen molar-refractivity contribution >= 4 is 22.7 Å². The molecule has 0 aliphatic heterocycles. The van der Waals surface area contributed by atoms with E-state index in [9.17, 15) is 5.11 Å². The van der Waals surface area contributed by atoms with Gasteiger partial charge in [0.2, 0.25) is 0 Å². The summed E-state index contributed by atoms with van der Waals surface area (Å²) in [5.41, 5.74) is 7.30. The maximum atomic E-state index is 9.87. The summed E-state index contributed by atoms with van der Waals surface area (Å²) in [7, 11) is 0. The van der Waals surface area contributed by atoms with Gasteiger partial charge < -0.3 is 16.2 Å². The van der Waals surface area contributed by atoms with Crippen molar-refractivity contribution in [1.29, 1.82) is 0 Å². The van der Waals surface area contributed by atoms with Gasteiger partial charge in [-0.2, -0.15) is 0 Å². The van der Waals surface area contributed by atoms with E-state index < -0.39 is 0 Å². The fourth-order valence-electron chi connectivity index (χ4n) is 3.31. The number of aliphatic hydroxyl groups excluding tert-OH is 1. The van der Waals surface area contributed by atoms with Crippen LogP contribution in [0.2, 0.25) is 0 Å². The molecule has 3 rings (SSSR count). The third-order valence-electron chi connectivity index (χ3n) is 4.38. The van der Waals surface area contributed by atoms with Crippen LogP contribution in [0.4, 0.5) is 11.6 Å². The van der Waals surface area contributed by atoms with Crippen LogP contribution >= 0.6 is 0 Å². The van der Waals surface area contributed by atoms with Crippen LogP contribution in [0.25, 0.3) is 11.0 Å². The van der Waals surface area contributed by atoms with Crippen molar-refractivity contribution in [3.63, 3.8) is 0 Å². The number of anilines is 2. The maximum Gasteiger partial charge on any atom is 0.170 e. The number of fused-ring (bicyclic) bond motifs is 1. The van der Waals surface area contributed by atoms with Gasteiger partial charge in [0, 0.05) is 0 Å². The first-order valence-electron chi connectivity index (χ1n) is 7.53. The van der Waals surface area contributed by atoms with Gasteiger partial charge in [-0.05, 0) is 30.9 Å². The molecule has 1 saturated carbocycles. The number of nitrogens with one attached hydrogen (secondary N) is 1. The predicted molar refractivity (Wildman–Crippen MR) is 85.0 cm³/mol. The van der Waals surface area contributed by atoms with Crippen LogP contribution in [0, 0.1) is 5.92 Å². The van der Waals surface area contributed by atoms with Crippen molar-refractivity contribution in [1.82, 2.24) is 9.97 Å². The zero-order valence-corrected chi connectivity index (χ0v) is 12.3. The van der Waals surface area contributed by atoms with Gasteiger partial charge in [0.05, 0.1) is 23.2 Å². The smallest absolute Gasteiger partial charge is 0.170 e. The largest absolute Gasteiger partial charge is 0.394 e. The lowest BCUT2D eigenvalue weighted by atomic mass is 9.77. The molecule has 1 aromatic heterocycles. The second-order valence-electron chi connectivity index (χ2n) is 6.21. The Hall–Kier alpha value is -1.88. The van der Waals surface area contributed by atoms with Crippen LogP contribution in [0.1, 0.15) is 32.6 Å². The molecule has 1 aliphatic carbocycles. The monoisotopic (exact) mass is 286 g/mol. The summed E-state index contributed by atoms with van der Waals surface area (Å²) in [4.78, 5) is 8.97. The zero-order valence-electron chi connectivity index (χ0n) is 12.3. The Bertz CT molecular complexity index is 645. The van der Waals surface area contributed by atoms with Crippen LogP contribution in [-0.2, 0) is 0 Å². The highest BCUT2D eigenvalue weighted by Crippen LogP contribution is 2.35. The summed E-state index contributed by atoms with van der Waals surface area (Å²) in [6, 6.07) is 7.66. The topological polar surface area (TPSA) is 84.1 Å². The minimum atomic E-state index is -0.330. The first-order valence-corrected chi connectivity index (χ1v) is 7.53. The highest BCUT2D eigenvalue weighted by Gasteiger charge is 2.35. The van der Waals surface area contributed by atoms with Gasteiger partial charge in [-0.15, -0.1) is 0 Å². The van der Waals surface area contributed by atoms with Crippen LogP contribution in [-0.4, -0.2) is 27.2 Å². The summed E-state index contributed by atoms with van der Waals surface area (Å²) >= 11 is 0. The Labute approximate surface area is 124 Å². The zero-order chi connectivity index (χ0) is 14.9. The van der Waals surface area contributed by atoms with E-state index in [4.69, 9.17) is 5.73 Å². The van der Waals surface area contributed by atoms with Gasteiger partial charge in [0.25, 0.3) is 0 Å². The van der Waals surface area contributed by atoms with Gasteiger partial charge in [-0.1, -0.05) is 31.9 Å². The average molecular weight is 286 g/mol. The molecule has 4 N–H and O–H groups in total. The second kappa shape index (κ2) is 5.48. The molecule has 1 aromatic carbocycles. The minimum absolute atomic E-state index is 0.0886. The van der Waals surface area contributed by atoms with Crippen LogP contribution < -0.4 is 11.1 Å². The molecule has 2 atom stereocenters. The van der Waals surface area contributed by atoms with Crippen molar-refractivity contribution in [2.24, 2.45) is 5.92 Å². The van der Waals surface area contributed by atoms with E-state index in [1.807, 2.05) is 24.3 Å². The van der Waals surface area contributed by atoms with E-state index in [0.29, 0.717) is 17.6 Å². The molecule has 21 heavy (non-hydrogen) atoms. The molecule has 2 aromatic rings. The molecule has 0 bridgehead atoms. The number of benzene rings is 1. The predicted octanol–water partition coefficient (Wildman–Crippen LogP) is 2.57. The molecule has 0 amide bonds. The van der Waals surface area contributed by atoms with Crippen molar-refractivity contribution in [2.45, 2.75) is 38.1 Å². The molecule has 1 aliphatic rings. The Morgan fingerprint density at radius 2 is 2.05 bits per heavy atom. The highest BCUT2D eigenvalue weighted by atomic mass is 16.3. The number of para-hydroxylation sites is 2. The number of nitrogens with zero attached hydrogens (tertiary/aromatic N) is 2. The first kappa shape index (κ1) is 14.1. The van der Waals surface area contributed by atoms with Crippen molar-refractivity contribution in [3.8, 4) is 0 Å². The third-order valence-corrected chi connectivity index (χ3v) is 4.38. The fourth-order valence-corrected chi connectivity index (χ4v) is 3.31. The third kappa shape index (κ3) is 2.78. The lowest BCUT2D eigenvalue weighted by molar-refractivity contribution is 0.149. The molecule has 0 radical (unpaired) electrons. The van der Waals surface area contributed by atoms with Crippen LogP contribution in [0.15, 0.2) is 24.3 Å². The first-order chi connectivity index (χ1) is 10.1. The van der Waals surface area contributed by atoms with Gasteiger partial charge in [-0.3, -0.25) is 0 Å². The van der Waals surface area contributed by atoms with Crippen LogP contribution in [0.5, 0.6) is 0 Å². The minimum Gasteiger partial charge on any atom is -0.394 e.